The molecule has 19 heavy (non-hydrogen) atoms. The second-order valence-electron chi connectivity index (χ2n) is 6.48. The number of hydrogen-bond donors (Lipinski definition) is 1. The second kappa shape index (κ2) is 7.61. The monoisotopic (exact) mass is 268 g/mol. The van der Waals surface area contributed by atoms with E-state index < -0.39 is 0 Å². The molecule has 1 aliphatic heterocycles. The van der Waals surface area contributed by atoms with Gasteiger partial charge in [-0.2, -0.15) is 0 Å². The Hall–Kier alpha value is -0.120. The van der Waals surface area contributed by atoms with E-state index in [9.17, 15) is 0 Å². The Bertz CT molecular complexity index is 259. The molecule has 2 aliphatic rings. The highest BCUT2D eigenvalue weighted by atomic mass is 16.5. The van der Waals surface area contributed by atoms with Gasteiger partial charge in [-0.3, -0.25) is 4.90 Å². The zero-order valence-electron chi connectivity index (χ0n) is 13.0. The molecule has 1 saturated carbocycles. The number of hydrogen-bond acceptors (Lipinski definition) is 3. The second-order valence-corrected chi connectivity index (χ2v) is 6.48. The first kappa shape index (κ1) is 15.3. The summed E-state index contributed by atoms with van der Waals surface area (Å²) < 4.78 is 5.30. The molecule has 112 valence electrons. The molecule has 2 fully saturated rings. The zero-order valence-corrected chi connectivity index (χ0v) is 13.0. The fraction of sp³-hybridized carbons (Fsp3) is 1.00. The third-order valence-corrected chi connectivity index (χ3v) is 5.14. The Balaban J connectivity index is 1.81. The third-order valence-electron chi connectivity index (χ3n) is 5.14. The van der Waals surface area contributed by atoms with Gasteiger partial charge < -0.3 is 10.1 Å². The van der Waals surface area contributed by atoms with Crippen LogP contribution in [0.1, 0.15) is 52.4 Å². The molecule has 3 nitrogen and oxygen atoms in total. The Morgan fingerprint density at radius 2 is 2.00 bits per heavy atom. The highest BCUT2D eigenvalue weighted by Gasteiger charge is 2.32. The van der Waals surface area contributed by atoms with Crippen molar-refractivity contribution < 1.29 is 4.74 Å². The van der Waals surface area contributed by atoms with Gasteiger partial charge in [-0.1, -0.05) is 19.8 Å². The molecule has 1 saturated heterocycles. The highest BCUT2D eigenvalue weighted by Crippen LogP contribution is 2.32. The summed E-state index contributed by atoms with van der Waals surface area (Å²) in [6.07, 6.45) is 8.55. The molecular weight excluding hydrogens is 236 g/mol. The predicted octanol–water partition coefficient (Wildman–Crippen LogP) is 2.65. The van der Waals surface area contributed by atoms with Crippen LogP contribution >= 0.6 is 0 Å². The van der Waals surface area contributed by atoms with E-state index in [-0.39, 0.29) is 0 Å². The molecule has 1 N–H and O–H groups in total. The number of nitrogens with zero attached hydrogens (tertiary/aromatic N) is 1. The maximum atomic E-state index is 5.30. The summed E-state index contributed by atoms with van der Waals surface area (Å²) in [5, 5.41) is 3.93. The topological polar surface area (TPSA) is 24.5 Å². The van der Waals surface area contributed by atoms with Crippen molar-refractivity contribution in [3.63, 3.8) is 0 Å². The molecule has 4 atom stereocenters. The van der Waals surface area contributed by atoms with Crippen LogP contribution < -0.4 is 5.32 Å². The molecule has 4 unspecified atom stereocenters. The van der Waals surface area contributed by atoms with Gasteiger partial charge in [-0.25, -0.2) is 0 Å². The molecule has 0 spiro atoms. The smallest absolute Gasteiger partial charge is 0.0615 e. The molecule has 0 radical (unpaired) electrons. The van der Waals surface area contributed by atoms with Gasteiger partial charge in [0, 0.05) is 31.8 Å². The van der Waals surface area contributed by atoms with Crippen molar-refractivity contribution >= 4 is 0 Å². The molecular formula is C16H32N2O. The minimum atomic E-state index is 0.529. The fourth-order valence-electron chi connectivity index (χ4n) is 3.97. The van der Waals surface area contributed by atoms with E-state index in [2.05, 4.69) is 24.1 Å². The number of piperidine rings is 1. The lowest BCUT2D eigenvalue weighted by molar-refractivity contribution is 0.0812. The Labute approximate surface area is 119 Å². The molecule has 0 aromatic rings. The van der Waals surface area contributed by atoms with Gasteiger partial charge in [-0.05, 0) is 45.1 Å². The largest absolute Gasteiger partial charge is 0.383 e. The Morgan fingerprint density at radius 3 is 2.74 bits per heavy atom. The molecule has 0 bridgehead atoms. The lowest BCUT2D eigenvalue weighted by Crippen LogP contribution is -2.54. The van der Waals surface area contributed by atoms with E-state index in [1.807, 2.05) is 0 Å². The molecule has 0 aromatic carbocycles. The number of likely N-dealkylation sites (N-methyl/N-ethyl adjacent to an activating group) is 1. The van der Waals surface area contributed by atoms with Crippen molar-refractivity contribution in [2.24, 2.45) is 5.92 Å². The summed E-state index contributed by atoms with van der Waals surface area (Å²) >= 11 is 0. The number of fused-ring (bicyclic) bond motifs is 1. The third kappa shape index (κ3) is 4.17. The summed E-state index contributed by atoms with van der Waals surface area (Å²) in [6.45, 7) is 7.69. The molecule has 3 heteroatoms. The SMILES string of the molecule is CCN(CC1CCC2CCCCC2N1)C(C)COC. The normalized spacial score (nSPS) is 33.2. The molecule has 0 amide bonds. The summed E-state index contributed by atoms with van der Waals surface area (Å²) in [7, 11) is 1.80. The average Bonchev–Trinajstić information content (AvgIpc) is 2.44. The lowest BCUT2D eigenvalue weighted by Gasteiger charge is -2.42. The van der Waals surface area contributed by atoms with E-state index in [0.717, 1.165) is 25.1 Å². The summed E-state index contributed by atoms with van der Waals surface area (Å²) in [6, 6.07) is 2.03. The van der Waals surface area contributed by atoms with Crippen LogP contribution in [0.5, 0.6) is 0 Å². The van der Waals surface area contributed by atoms with Gasteiger partial charge in [0.1, 0.15) is 0 Å². The number of nitrogens with one attached hydrogen (secondary N) is 1. The highest BCUT2D eigenvalue weighted by molar-refractivity contribution is 4.90. The number of rotatable bonds is 6. The number of methoxy groups -OCH3 is 1. The van der Waals surface area contributed by atoms with Crippen LogP contribution in [0.3, 0.4) is 0 Å². The lowest BCUT2D eigenvalue weighted by atomic mass is 9.77. The summed E-state index contributed by atoms with van der Waals surface area (Å²) in [5.74, 6) is 0.969. The minimum Gasteiger partial charge on any atom is -0.383 e. The Morgan fingerprint density at radius 1 is 1.21 bits per heavy atom. The van der Waals surface area contributed by atoms with Crippen molar-refractivity contribution in [2.45, 2.75) is 70.5 Å². The van der Waals surface area contributed by atoms with Crippen molar-refractivity contribution in [3.05, 3.63) is 0 Å². The van der Waals surface area contributed by atoms with Crippen molar-refractivity contribution in [1.82, 2.24) is 10.2 Å². The summed E-state index contributed by atoms with van der Waals surface area (Å²) in [5.41, 5.74) is 0. The standard InChI is InChI=1S/C16H32N2O/c1-4-18(13(2)12-19-3)11-15-10-9-14-7-5-6-8-16(14)17-15/h13-17H,4-12H2,1-3H3. The first-order valence-electron chi connectivity index (χ1n) is 8.23. The fourth-order valence-corrected chi connectivity index (χ4v) is 3.97. The first-order valence-corrected chi connectivity index (χ1v) is 8.23. The van der Waals surface area contributed by atoms with Gasteiger partial charge in [0.15, 0.2) is 0 Å². The summed E-state index contributed by atoms with van der Waals surface area (Å²) in [4.78, 5) is 2.56. The predicted molar refractivity (Wildman–Crippen MR) is 80.5 cm³/mol. The van der Waals surface area contributed by atoms with E-state index in [1.165, 1.54) is 45.1 Å². The van der Waals surface area contributed by atoms with Crippen LogP contribution in [-0.4, -0.2) is 49.8 Å². The maximum absolute atomic E-state index is 5.30. The van der Waals surface area contributed by atoms with Crippen LogP contribution in [0.4, 0.5) is 0 Å². The van der Waals surface area contributed by atoms with Gasteiger partial charge >= 0.3 is 0 Å². The van der Waals surface area contributed by atoms with E-state index in [1.54, 1.807) is 7.11 Å². The first-order chi connectivity index (χ1) is 9.24. The Kier molecular flexibility index (Phi) is 6.11. The van der Waals surface area contributed by atoms with Crippen LogP contribution in [0.15, 0.2) is 0 Å². The van der Waals surface area contributed by atoms with E-state index in [0.29, 0.717) is 12.1 Å². The van der Waals surface area contributed by atoms with Gasteiger partial charge in [0.05, 0.1) is 6.61 Å². The number of ether oxygens (including phenoxy) is 1. The molecule has 1 aliphatic carbocycles. The zero-order chi connectivity index (χ0) is 13.7. The quantitative estimate of drug-likeness (QED) is 0.801. The van der Waals surface area contributed by atoms with Crippen molar-refractivity contribution in [2.75, 3.05) is 26.8 Å². The van der Waals surface area contributed by atoms with Crippen molar-refractivity contribution in [1.29, 1.82) is 0 Å². The average molecular weight is 268 g/mol. The van der Waals surface area contributed by atoms with Crippen molar-refractivity contribution in [3.8, 4) is 0 Å². The van der Waals surface area contributed by atoms with Gasteiger partial charge in [0.2, 0.25) is 0 Å². The van der Waals surface area contributed by atoms with Crippen LogP contribution in [0.25, 0.3) is 0 Å². The molecule has 0 aromatic heterocycles. The van der Waals surface area contributed by atoms with E-state index in [4.69, 9.17) is 4.74 Å². The minimum absolute atomic E-state index is 0.529. The van der Waals surface area contributed by atoms with Gasteiger partial charge in [0.25, 0.3) is 0 Å². The maximum Gasteiger partial charge on any atom is 0.0615 e. The van der Waals surface area contributed by atoms with Crippen LogP contribution in [0.2, 0.25) is 0 Å². The van der Waals surface area contributed by atoms with Gasteiger partial charge in [-0.15, -0.1) is 0 Å². The molecule has 1 heterocycles. The van der Waals surface area contributed by atoms with E-state index >= 15 is 0 Å². The van der Waals surface area contributed by atoms with Crippen LogP contribution in [0, 0.1) is 5.92 Å². The molecule has 2 rings (SSSR count). The van der Waals surface area contributed by atoms with Crippen LogP contribution in [-0.2, 0) is 4.74 Å².